The first kappa shape index (κ1) is 19.3. The Labute approximate surface area is 162 Å². The summed E-state index contributed by atoms with van der Waals surface area (Å²) in [6.45, 7) is 5.51. The maximum Gasteiger partial charge on any atom is 0.276 e. The van der Waals surface area contributed by atoms with Gasteiger partial charge in [-0.1, -0.05) is 20.8 Å². The first-order chi connectivity index (χ1) is 13.2. The van der Waals surface area contributed by atoms with Crippen LogP contribution < -0.4 is 10.6 Å². The average molecular weight is 380 g/mol. The van der Waals surface area contributed by atoms with E-state index in [2.05, 4.69) is 15.7 Å². The van der Waals surface area contributed by atoms with Gasteiger partial charge in [0.05, 0.1) is 5.69 Å². The SMILES string of the molecule is CC(C)(C)C(=O)Nc1ccc(NC(=O)c2ccn(-c3ccc(F)cc3)n2)cc1. The fourth-order valence-corrected chi connectivity index (χ4v) is 2.33. The van der Waals surface area contributed by atoms with E-state index in [4.69, 9.17) is 0 Å². The topological polar surface area (TPSA) is 76.0 Å². The number of hydrogen-bond donors (Lipinski definition) is 2. The Morgan fingerprint density at radius 3 is 2.04 bits per heavy atom. The summed E-state index contributed by atoms with van der Waals surface area (Å²) >= 11 is 0. The molecule has 0 aliphatic rings. The molecule has 0 aliphatic carbocycles. The largest absolute Gasteiger partial charge is 0.326 e. The van der Waals surface area contributed by atoms with Gasteiger partial charge >= 0.3 is 0 Å². The predicted octanol–water partition coefficient (Wildman–Crippen LogP) is 4.25. The molecule has 0 radical (unpaired) electrons. The zero-order valence-corrected chi connectivity index (χ0v) is 15.9. The number of rotatable bonds is 4. The summed E-state index contributed by atoms with van der Waals surface area (Å²) in [4.78, 5) is 24.4. The van der Waals surface area contributed by atoms with Gasteiger partial charge in [-0.15, -0.1) is 0 Å². The van der Waals surface area contributed by atoms with E-state index in [1.165, 1.54) is 16.8 Å². The molecule has 7 heteroatoms. The van der Waals surface area contributed by atoms with Crippen LogP contribution in [0.5, 0.6) is 0 Å². The predicted molar refractivity (Wildman–Crippen MR) is 106 cm³/mol. The Bertz CT molecular complexity index is 986. The van der Waals surface area contributed by atoms with Crippen molar-refractivity contribution in [3.05, 3.63) is 72.3 Å². The molecule has 0 fully saturated rings. The number of halogens is 1. The molecule has 0 saturated carbocycles. The number of nitrogens with one attached hydrogen (secondary N) is 2. The molecule has 2 N–H and O–H groups in total. The van der Waals surface area contributed by atoms with E-state index in [1.54, 1.807) is 48.7 Å². The standard InChI is InChI=1S/C21H21FN4O2/c1-21(2,3)20(28)24-16-8-6-15(7-9-16)23-19(27)18-12-13-26(25-18)17-10-4-14(22)5-11-17/h4-13H,1-3H3,(H,23,27)(H,24,28). The molecule has 0 bridgehead atoms. The first-order valence-corrected chi connectivity index (χ1v) is 8.77. The summed E-state index contributed by atoms with van der Waals surface area (Å²) in [7, 11) is 0. The number of aromatic nitrogens is 2. The highest BCUT2D eigenvalue weighted by molar-refractivity contribution is 6.03. The molecule has 0 atom stereocenters. The van der Waals surface area contributed by atoms with E-state index in [0.29, 0.717) is 17.1 Å². The van der Waals surface area contributed by atoms with Gasteiger partial charge in [0.15, 0.2) is 5.69 Å². The number of nitrogens with zero attached hydrogens (tertiary/aromatic N) is 2. The van der Waals surface area contributed by atoms with Crippen molar-refractivity contribution in [3.63, 3.8) is 0 Å². The lowest BCUT2D eigenvalue weighted by atomic mass is 9.95. The zero-order chi connectivity index (χ0) is 20.3. The maximum atomic E-state index is 13.0. The molecule has 0 unspecified atom stereocenters. The lowest BCUT2D eigenvalue weighted by Crippen LogP contribution is -2.27. The highest BCUT2D eigenvalue weighted by Gasteiger charge is 2.21. The van der Waals surface area contributed by atoms with E-state index in [9.17, 15) is 14.0 Å². The van der Waals surface area contributed by atoms with Gasteiger partial charge in [0.2, 0.25) is 5.91 Å². The van der Waals surface area contributed by atoms with E-state index in [1.807, 2.05) is 20.8 Å². The van der Waals surface area contributed by atoms with Crippen LogP contribution >= 0.6 is 0 Å². The molecule has 1 heterocycles. The van der Waals surface area contributed by atoms with Crippen molar-refractivity contribution < 1.29 is 14.0 Å². The van der Waals surface area contributed by atoms with E-state index in [0.717, 1.165) is 0 Å². The van der Waals surface area contributed by atoms with E-state index >= 15 is 0 Å². The lowest BCUT2D eigenvalue weighted by molar-refractivity contribution is -0.123. The van der Waals surface area contributed by atoms with Crippen LogP contribution in [0.2, 0.25) is 0 Å². The molecule has 0 aliphatic heterocycles. The van der Waals surface area contributed by atoms with Crippen molar-refractivity contribution >= 4 is 23.2 Å². The van der Waals surface area contributed by atoms with Gasteiger partial charge in [0, 0.05) is 23.0 Å². The Kier molecular flexibility index (Phi) is 5.26. The summed E-state index contributed by atoms with van der Waals surface area (Å²) in [6, 6.07) is 14.2. The average Bonchev–Trinajstić information content (AvgIpc) is 3.13. The van der Waals surface area contributed by atoms with Crippen LogP contribution in [0.1, 0.15) is 31.3 Å². The van der Waals surface area contributed by atoms with Gasteiger partial charge in [0.1, 0.15) is 5.82 Å². The van der Waals surface area contributed by atoms with Crippen molar-refractivity contribution in [1.82, 2.24) is 9.78 Å². The van der Waals surface area contributed by atoms with Crippen LogP contribution in [0, 0.1) is 11.2 Å². The molecule has 28 heavy (non-hydrogen) atoms. The number of amides is 2. The molecule has 3 rings (SSSR count). The summed E-state index contributed by atoms with van der Waals surface area (Å²) < 4.78 is 14.5. The van der Waals surface area contributed by atoms with Gasteiger partial charge in [-0.3, -0.25) is 9.59 Å². The Balaban J connectivity index is 1.65. The van der Waals surface area contributed by atoms with Crippen LogP contribution in [0.4, 0.5) is 15.8 Å². The molecule has 2 amide bonds. The molecule has 1 aromatic heterocycles. The molecular formula is C21H21FN4O2. The number of carbonyl (C=O) groups is 2. The second-order valence-electron chi connectivity index (χ2n) is 7.36. The minimum Gasteiger partial charge on any atom is -0.326 e. The summed E-state index contributed by atoms with van der Waals surface area (Å²) in [6.07, 6.45) is 1.63. The third-order valence-corrected chi connectivity index (χ3v) is 3.99. The number of benzene rings is 2. The van der Waals surface area contributed by atoms with Crippen molar-refractivity contribution in [2.75, 3.05) is 10.6 Å². The molecule has 2 aromatic carbocycles. The third-order valence-electron chi connectivity index (χ3n) is 3.99. The second-order valence-corrected chi connectivity index (χ2v) is 7.36. The quantitative estimate of drug-likeness (QED) is 0.710. The Morgan fingerprint density at radius 1 is 0.893 bits per heavy atom. The van der Waals surface area contributed by atoms with Crippen LogP contribution in [-0.4, -0.2) is 21.6 Å². The molecule has 0 spiro atoms. The van der Waals surface area contributed by atoms with Crippen molar-refractivity contribution in [3.8, 4) is 5.69 Å². The van der Waals surface area contributed by atoms with Gasteiger partial charge in [-0.05, 0) is 54.6 Å². The van der Waals surface area contributed by atoms with Crippen LogP contribution in [0.3, 0.4) is 0 Å². The van der Waals surface area contributed by atoms with Gasteiger partial charge in [-0.2, -0.15) is 5.10 Å². The Hall–Kier alpha value is -3.48. The third kappa shape index (κ3) is 4.62. The minimum absolute atomic E-state index is 0.0874. The van der Waals surface area contributed by atoms with E-state index in [-0.39, 0.29) is 23.3 Å². The van der Waals surface area contributed by atoms with Gasteiger partial charge in [0.25, 0.3) is 5.91 Å². The first-order valence-electron chi connectivity index (χ1n) is 8.77. The van der Waals surface area contributed by atoms with Crippen molar-refractivity contribution in [1.29, 1.82) is 0 Å². The van der Waals surface area contributed by atoms with E-state index < -0.39 is 5.41 Å². The lowest BCUT2D eigenvalue weighted by Gasteiger charge is -2.17. The van der Waals surface area contributed by atoms with Gasteiger partial charge < -0.3 is 10.6 Å². The molecule has 6 nitrogen and oxygen atoms in total. The maximum absolute atomic E-state index is 13.0. The zero-order valence-electron chi connectivity index (χ0n) is 15.9. The number of carbonyl (C=O) groups excluding carboxylic acids is 2. The minimum atomic E-state index is -0.490. The fraction of sp³-hybridized carbons (Fsp3) is 0.190. The van der Waals surface area contributed by atoms with Gasteiger partial charge in [-0.25, -0.2) is 9.07 Å². The van der Waals surface area contributed by atoms with Crippen LogP contribution in [-0.2, 0) is 4.79 Å². The number of anilines is 2. The second kappa shape index (κ2) is 7.64. The van der Waals surface area contributed by atoms with Crippen molar-refractivity contribution in [2.24, 2.45) is 5.41 Å². The molecule has 3 aromatic rings. The van der Waals surface area contributed by atoms with Crippen LogP contribution in [0.25, 0.3) is 5.69 Å². The fourth-order valence-electron chi connectivity index (χ4n) is 2.33. The normalized spacial score (nSPS) is 11.1. The highest BCUT2D eigenvalue weighted by Crippen LogP contribution is 2.19. The summed E-state index contributed by atoms with van der Waals surface area (Å²) in [5.41, 5.74) is 1.62. The Morgan fingerprint density at radius 2 is 1.46 bits per heavy atom. The highest BCUT2D eigenvalue weighted by atomic mass is 19.1. The monoisotopic (exact) mass is 380 g/mol. The molecule has 0 saturated heterocycles. The smallest absolute Gasteiger partial charge is 0.276 e. The molecule has 144 valence electrons. The summed E-state index contributed by atoms with van der Waals surface area (Å²) in [5.74, 6) is -0.793. The number of hydrogen-bond acceptors (Lipinski definition) is 3. The molecular weight excluding hydrogens is 359 g/mol. The van der Waals surface area contributed by atoms with Crippen molar-refractivity contribution in [2.45, 2.75) is 20.8 Å². The summed E-state index contributed by atoms with van der Waals surface area (Å²) in [5, 5.41) is 9.80. The van der Waals surface area contributed by atoms with Crippen LogP contribution in [0.15, 0.2) is 60.8 Å².